The minimum atomic E-state index is -4.03. The summed E-state index contributed by atoms with van der Waals surface area (Å²) in [6.45, 7) is 1.92. The van der Waals surface area contributed by atoms with E-state index < -0.39 is 15.9 Å². The highest BCUT2D eigenvalue weighted by atomic mass is 35.5. The second-order valence-electron chi connectivity index (χ2n) is 6.47. The number of rotatable bonds is 6. The molecular weight excluding hydrogens is 443 g/mol. The largest absolute Gasteiger partial charge is 0.311 e. The molecule has 5 nitrogen and oxygen atoms in total. The number of amides is 1. The average molecular weight is 463 g/mol. The fraction of sp³-hybridized carbons (Fsp3) is 0.136. The van der Waals surface area contributed by atoms with Gasteiger partial charge in [0.1, 0.15) is 4.90 Å². The van der Waals surface area contributed by atoms with Crippen molar-refractivity contribution in [1.29, 1.82) is 0 Å². The molecule has 8 heteroatoms. The predicted octanol–water partition coefficient (Wildman–Crippen LogP) is 5.49. The van der Waals surface area contributed by atoms with Crippen LogP contribution in [0, 0.1) is 0 Å². The lowest BCUT2D eigenvalue weighted by atomic mass is 10.2. The van der Waals surface area contributed by atoms with Crippen molar-refractivity contribution in [3.05, 3.63) is 88.4 Å². The summed E-state index contributed by atoms with van der Waals surface area (Å²) in [6.07, 6.45) is 0. The molecule has 0 saturated carbocycles. The Bertz CT molecular complexity index is 1150. The summed E-state index contributed by atoms with van der Waals surface area (Å²) in [6, 6.07) is 20.2. The van der Waals surface area contributed by atoms with Gasteiger partial charge in [-0.25, -0.2) is 8.42 Å². The lowest BCUT2D eigenvalue weighted by Crippen LogP contribution is -2.31. The molecule has 0 aliphatic heterocycles. The standard InChI is InChI=1S/C22H20Cl2N2O3S/c1-3-26(17-12-8-5-9-13-17)30(28,29)21-14-18(19(23)15-20(21)24)22(27)25(2)16-10-6-4-7-11-16/h4-15H,3H2,1-2H3. The Morgan fingerprint density at radius 3 is 1.93 bits per heavy atom. The van der Waals surface area contributed by atoms with E-state index in [1.165, 1.54) is 21.3 Å². The third kappa shape index (κ3) is 4.31. The van der Waals surface area contributed by atoms with Gasteiger partial charge in [0.15, 0.2) is 0 Å². The predicted molar refractivity (Wildman–Crippen MR) is 122 cm³/mol. The molecule has 0 saturated heterocycles. The highest BCUT2D eigenvalue weighted by molar-refractivity contribution is 7.93. The van der Waals surface area contributed by atoms with E-state index in [0.29, 0.717) is 11.4 Å². The van der Waals surface area contributed by atoms with Gasteiger partial charge in [-0.2, -0.15) is 0 Å². The quantitative estimate of drug-likeness (QED) is 0.486. The third-order valence-electron chi connectivity index (χ3n) is 4.60. The molecule has 0 heterocycles. The molecule has 0 radical (unpaired) electrons. The Balaban J connectivity index is 2.07. The molecule has 30 heavy (non-hydrogen) atoms. The van der Waals surface area contributed by atoms with Gasteiger partial charge >= 0.3 is 0 Å². The maximum atomic E-state index is 13.4. The first-order valence-electron chi connectivity index (χ1n) is 9.17. The second-order valence-corrected chi connectivity index (χ2v) is 9.11. The molecule has 0 atom stereocenters. The summed E-state index contributed by atoms with van der Waals surface area (Å²) >= 11 is 12.5. The van der Waals surface area contributed by atoms with Crippen molar-refractivity contribution in [2.75, 3.05) is 22.8 Å². The summed E-state index contributed by atoms with van der Waals surface area (Å²) in [5.41, 5.74) is 1.20. The van der Waals surface area contributed by atoms with Gasteiger partial charge in [0.25, 0.3) is 15.9 Å². The number of hydrogen-bond donors (Lipinski definition) is 0. The maximum Gasteiger partial charge on any atom is 0.265 e. The highest BCUT2D eigenvalue weighted by Crippen LogP contribution is 2.33. The summed E-state index contributed by atoms with van der Waals surface area (Å²) < 4.78 is 28.0. The molecule has 3 rings (SSSR count). The molecule has 0 spiro atoms. The van der Waals surface area contributed by atoms with E-state index in [0.717, 1.165) is 0 Å². The van der Waals surface area contributed by atoms with Gasteiger partial charge in [-0.05, 0) is 43.3 Å². The Hall–Kier alpha value is -2.54. The molecule has 3 aromatic carbocycles. The van der Waals surface area contributed by atoms with Gasteiger partial charge in [-0.1, -0.05) is 59.6 Å². The first-order valence-corrected chi connectivity index (χ1v) is 11.4. The summed E-state index contributed by atoms with van der Waals surface area (Å²) in [4.78, 5) is 14.3. The summed E-state index contributed by atoms with van der Waals surface area (Å²) in [5.74, 6) is -0.443. The Morgan fingerprint density at radius 1 is 0.867 bits per heavy atom. The number of hydrogen-bond acceptors (Lipinski definition) is 3. The molecule has 0 unspecified atom stereocenters. The van der Waals surface area contributed by atoms with Crippen LogP contribution in [0.1, 0.15) is 17.3 Å². The van der Waals surface area contributed by atoms with Crippen molar-refractivity contribution in [2.45, 2.75) is 11.8 Å². The molecule has 0 aliphatic carbocycles. The number of sulfonamides is 1. The van der Waals surface area contributed by atoms with E-state index >= 15 is 0 Å². The minimum absolute atomic E-state index is 0.0479. The fourth-order valence-corrected chi connectivity index (χ4v) is 5.35. The van der Waals surface area contributed by atoms with Gasteiger partial charge in [0.2, 0.25) is 0 Å². The van der Waals surface area contributed by atoms with Crippen LogP contribution in [-0.4, -0.2) is 27.9 Å². The van der Waals surface area contributed by atoms with Crippen LogP contribution < -0.4 is 9.21 Å². The number of halogens is 2. The van der Waals surface area contributed by atoms with Gasteiger partial charge in [0, 0.05) is 19.3 Å². The fourth-order valence-electron chi connectivity index (χ4n) is 3.04. The van der Waals surface area contributed by atoms with Crippen LogP contribution in [0.2, 0.25) is 10.0 Å². The van der Waals surface area contributed by atoms with Crippen molar-refractivity contribution in [3.8, 4) is 0 Å². The topological polar surface area (TPSA) is 57.7 Å². The first-order chi connectivity index (χ1) is 14.3. The van der Waals surface area contributed by atoms with Crippen molar-refractivity contribution in [1.82, 2.24) is 0 Å². The molecule has 156 valence electrons. The number of nitrogens with zero attached hydrogens (tertiary/aromatic N) is 2. The van der Waals surface area contributed by atoms with E-state index in [4.69, 9.17) is 23.2 Å². The van der Waals surface area contributed by atoms with Crippen LogP contribution in [0.5, 0.6) is 0 Å². The van der Waals surface area contributed by atoms with Crippen LogP contribution in [0.15, 0.2) is 77.7 Å². The zero-order chi connectivity index (χ0) is 21.9. The van der Waals surface area contributed by atoms with E-state index in [-0.39, 0.29) is 27.0 Å². The van der Waals surface area contributed by atoms with Crippen molar-refractivity contribution < 1.29 is 13.2 Å². The normalized spacial score (nSPS) is 11.2. The van der Waals surface area contributed by atoms with E-state index in [1.54, 1.807) is 68.6 Å². The molecule has 0 N–H and O–H groups in total. The van der Waals surface area contributed by atoms with Crippen LogP contribution in [-0.2, 0) is 10.0 Å². The minimum Gasteiger partial charge on any atom is -0.311 e. The Kier molecular flexibility index (Phi) is 6.71. The second kappa shape index (κ2) is 9.08. The van der Waals surface area contributed by atoms with Crippen molar-refractivity contribution in [2.24, 2.45) is 0 Å². The number of carbonyl (C=O) groups is 1. The molecule has 3 aromatic rings. The molecule has 0 fully saturated rings. The van der Waals surface area contributed by atoms with E-state index in [9.17, 15) is 13.2 Å². The molecule has 0 aliphatic rings. The summed E-state index contributed by atoms with van der Waals surface area (Å²) in [7, 11) is -2.43. The first kappa shape index (κ1) is 22.2. The molecule has 0 aromatic heterocycles. The van der Waals surface area contributed by atoms with Crippen molar-refractivity contribution >= 4 is 50.5 Å². The molecule has 0 bridgehead atoms. The number of carbonyl (C=O) groups excluding carboxylic acids is 1. The maximum absolute atomic E-state index is 13.4. The lowest BCUT2D eigenvalue weighted by Gasteiger charge is -2.24. The van der Waals surface area contributed by atoms with Crippen molar-refractivity contribution in [3.63, 3.8) is 0 Å². The molecular formula is C22H20Cl2N2O3S. The van der Waals surface area contributed by atoms with E-state index in [1.807, 2.05) is 6.07 Å². The molecule has 1 amide bonds. The van der Waals surface area contributed by atoms with Gasteiger partial charge < -0.3 is 4.90 Å². The van der Waals surface area contributed by atoms with Crippen LogP contribution in [0.3, 0.4) is 0 Å². The van der Waals surface area contributed by atoms with E-state index in [2.05, 4.69) is 0 Å². The smallest absolute Gasteiger partial charge is 0.265 e. The number of benzene rings is 3. The van der Waals surface area contributed by atoms with Crippen LogP contribution in [0.25, 0.3) is 0 Å². The van der Waals surface area contributed by atoms with Crippen LogP contribution in [0.4, 0.5) is 11.4 Å². The number of para-hydroxylation sites is 2. The van der Waals surface area contributed by atoms with Gasteiger partial charge in [-0.3, -0.25) is 9.10 Å². The third-order valence-corrected chi connectivity index (χ3v) is 7.28. The number of anilines is 2. The van der Waals surface area contributed by atoms with Gasteiger partial charge in [-0.15, -0.1) is 0 Å². The zero-order valence-electron chi connectivity index (χ0n) is 16.4. The Morgan fingerprint density at radius 2 is 1.40 bits per heavy atom. The SMILES string of the molecule is CCN(c1ccccc1)S(=O)(=O)c1cc(C(=O)N(C)c2ccccc2)c(Cl)cc1Cl. The average Bonchev–Trinajstić information content (AvgIpc) is 2.74. The Labute approximate surface area is 186 Å². The summed E-state index contributed by atoms with van der Waals surface area (Å²) in [5, 5.41) is 0.0304. The zero-order valence-corrected chi connectivity index (χ0v) is 18.7. The highest BCUT2D eigenvalue weighted by Gasteiger charge is 2.29. The lowest BCUT2D eigenvalue weighted by molar-refractivity contribution is 0.0993. The van der Waals surface area contributed by atoms with Crippen LogP contribution >= 0.6 is 23.2 Å². The van der Waals surface area contributed by atoms with Gasteiger partial charge in [0.05, 0.1) is 21.3 Å². The monoisotopic (exact) mass is 462 g/mol.